The first-order chi connectivity index (χ1) is 8.27. The summed E-state index contributed by atoms with van der Waals surface area (Å²) in [6, 6.07) is 7.19. The summed E-state index contributed by atoms with van der Waals surface area (Å²) in [6.45, 7) is 3.10. The second kappa shape index (κ2) is 7.34. The summed E-state index contributed by atoms with van der Waals surface area (Å²) >= 11 is 0. The largest absolute Gasteiger partial charge is 0.449 e. The molecule has 0 aliphatic carbocycles. The van der Waals surface area contributed by atoms with Crippen molar-refractivity contribution < 1.29 is 9.53 Å². The monoisotopic (exact) mass is 231 g/mol. The maximum absolute atomic E-state index is 11.4. The molecule has 1 aromatic carbocycles. The van der Waals surface area contributed by atoms with Crippen LogP contribution in [-0.2, 0) is 4.74 Å². The zero-order valence-corrected chi connectivity index (χ0v) is 10.0. The van der Waals surface area contributed by atoms with Crippen LogP contribution in [0.15, 0.2) is 24.3 Å². The zero-order valence-electron chi connectivity index (χ0n) is 10.0. The fourth-order valence-corrected chi connectivity index (χ4v) is 1.32. The number of ether oxygens (including phenoxy) is 1. The van der Waals surface area contributed by atoms with Crippen LogP contribution >= 0.6 is 0 Å². The fraction of sp³-hybridized carbons (Fsp3) is 0.357. The van der Waals surface area contributed by atoms with Crippen molar-refractivity contribution in [2.75, 3.05) is 18.5 Å². The van der Waals surface area contributed by atoms with Crippen molar-refractivity contribution in [3.63, 3.8) is 0 Å². The highest BCUT2D eigenvalue weighted by Crippen LogP contribution is 2.10. The molecule has 0 spiro atoms. The van der Waals surface area contributed by atoms with Crippen LogP contribution in [0.2, 0.25) is 0 Å². The number of carbonyl (C=O) groups excluding carboxylic acids is 1. The minimum Gasteiger partial charge on any atom is -0.449 e. The van der Waals surface area contributed by atoms with Gasteiger partial charge in [0.25, 0.3) is 0 Å². The molecule has 1 aromatic rings. The number of esters is 1. The van der Waals surface area contributed by atoms with Crippen LogP contribution in [0.3, 0.4) is 0 Å². The number of hydrogen-bond donors (Lipinski definition) is 1. The first kappa shape index (κ1) is 13.1. The molecule has 3 heteroatoms. The van der Waals surface area contributed by atoms with Crippen molar-refractivity contribution in [3.05, 3.63) is 29.8 Å². The lowest BCUT2D eigenvalue weighted by molar-refractivity contribution is 0.0557. The van der Waals surface area contributed by atoms with Crippen molar-refractivity contribution in [3.8, 4) is 12.3 Å². The molecule has 1 N–H and O–H groups in total. The molecule has 0 aliphatic heterocycles. The lowest BCUT2D eigenvalue weighted by Gasteiger charge is -2.06. The summed E-state index contributed by atoms with van der Waals surface area (Å²) in [4.78, 5) is 11.4. The standard InChI is InChI=1S/C14H17NO2/c1-3-5-10-15-13-8-6-12(7-9-13)14(16)17-11-4-2/h2,6-9,15H,3,5,10-11H2,1H3. The van der Waals surface area contributed by atoms with Crippen LogP contribution in [0.1, 0.15) is 30.1 Å². The topological polar surface area (TPSA) is 38.3 Å². The van der Waals surface area contributed by atoms with E-state index >= 15 is 0 Å². The predicted octanol–water partition coefficient (Wildman–Crippen LogP) is 2.69. The van der Waals surface area contributed by atoms with E-state index in [1.54, 1.807) is 12.1 Å². The summed E-state index contributed by atoms with van der Waals surface area (Å²) in [5, 5.41) is 3.27. The summed E-state index contributed by atoms with van der Waals surface area (Å²) in [7, 11) is 0. The van der Waals surface area contributed by atoms with Crippen LogP contribution < -0.4 is 5.32 Å². The Labute approximate surface area is 102 Å². The Morgan fingerprint density at radius 3 is 2.71 bits per heavy atom. The quantitative estimate of drug-likeness (QED) is 0.465. The third-order valence-electron chi connectivity index (χ3n) is 2.27. The number of unbranched alkanes of at least 4 members (excludes halogenated alkanes) is 1. The van der Waals surface area contributed by atoms with Gasteiger partial charge in [-0.1, -0.05) is 19.3 Å². The van der Waals surface area contributed by atoms with Gasteiger partial charge < -0.3 is 10.1 Å². The predicted molar refractivity (Wildman–Crippen MR) is 69.0 cm³/mol. The summed E-state index contributed by atoms with van der Waals surface area (Å²) in [6.07, 6.45) is 7.30. The minimum absolute atomic E-state index is 0.00926. The van der Waals surface area contributed by atoms with E-state index in [-0.39, 0.29) is 12.6 Å². The molecule has 0 bridgehead atoms. The first-order valence-electron chi connectivity index (χ1n) is 5.72. The highest BCUT2D eigenvalue weighted by molar-refractivity contribution is 5.89. The van der Waals surface area contributed by atoms with Gasteiger partial charge >= 0.3 is 5.97 Å². The lowest BCUT2D eigenvalue weighted by Crippen LogP contribution is -2.06. The molecule has 0 radical (unpaired) electrons. The Bertz CT molecular complexity index is 390. The van der Waals surface area contributed by atoms with Crippen molar-refractivity contribution in [1.29, 1.82) is 0 Å². The zero-order chi connectivity index (χ0) is 12.5. The van der Waals surface area contributed by atoms with Crippen LogP contribution in [0.5, 0.6) is 0 Å². The van der Waals surface area contributed by atoms with Crippen LogP contribution in [-0.4, -0.2) is 19.1 Å². The van der Waals surface area contributed by atoms with E-state index in [0.29, 0.717) is 5.56 Å². The summed E-state index contributed by atoms with van der Waals surface area (Å²) in [5.41, 5.74) is 1.52. The Kier molecular flexibility index (Phi) is 5.67. The van der Waals surface area contributed by atoms with Gasteiger partial charge in [0.2, 0.25) is 0 Å². The van der Waals surface area contributed by atoms with Crippen molar-refractivity contribution >= 4 is 11.7 Å². The summed E-state index contributed by atoms with van der Waals surface area (Å²) in [5.74, 6) is 1.87. The van der Waals surface area contributed by atoms with Gasteiger partial charge in [0.05, 0.1) is 5.56 Å². The molecule has 0 aromatic heterocycles. The molecule has 90 valence electrons. The Balaban J connectivity index is 2.50. The Morgan fingerprint density at radius 2 is 2.12 bits per heavy atom. The Morgan fingerprint density at radius 1 is 1.41 bits per heavy atom. The van der Waals surface area contributed by atoms with E-state index < -0.39 is 0 Å². The van der Waals surface area contributed by atoms with Crippen LogP contribution in [0.4, 0.5) is 5.69 Å². The lowest BCUT2D eigenvalue weighted by atomic mass is 10.2. The highest BCUT2D eigenvalue weighted by Gasteiger charge is 2.05. The van der Waals surface area contributed by atoms with Gasteiger partial charge in [-0.15, -0.1) is 6.42 Å². The van der Waals surface area contributed by atoms with Gasteiger partial charge in [0, 0.05) is 12.2 Å². The maximum atomic E-state index is 11.4. The molecule has 3 nitrogen and oxygen atoms in total. The van der Waals surface area contributed by atoms with E-state index in [4.69, 9.17) is 11.2 Å². The van der Waals surface area contributed by atoms with Crippen LogP contribution in [0.25, 0.3) is 0 Å². The first-order valence-corrected chi connectivity index (χ1v) is 5.72. The van der Waals surface area contributed by atoms with E-state index in [1.807, 2.05) is 12.1 Å². The number of anilines is 1. The molecule has 0 amide bonds. The van der Waals surface area contributed by atoms with E-state index in [1.165, 1.54) is 0 Å². The molecule has 0 saturated heterocycles. The average Bonchev–Trinajstić information content (AvgIpc) is 2.37. The third-order valence-corrected chi connectivity index (χ3v) is 2.27. The smallest absolute Gasteiger partial charge is 0.339 e. The molecule has 0 unspecified atom stereocenters. The number of rotatable bonds is 6. The Hall–Kier alpha value is -1.95. The summed E-state index contributed by atoms with van der Waals surface area (Å²) < 4.78 is 4.82. The number of hydrogen-bond acceptors (Lipinski definition) is 3. The molecule has 1 rings (SSSR count). The molecule has 0 aliphatic rings. The average molecular weight is 231 g/mol. The molecule has 17 heavy (non-hydrogen) atoms. The molecule has 0 fully saturated rings. The van der Waals surface area contributed by atoms with E-state index in [2.05, 4.69) is 18.2 Å². The molecule has 0 heterocycles. The van der Waals surface area contributed by atoms with Gasteiger partial charge in [-0.25, -0.2) is 4.79 Å². The fourth-order valence-electron chi connectivity index (χ4n) is 1.32. The van der Waals surface area contributed by atoms with Crippen molar-refractivity contribution in [1.82, 2.24) is 0 Å². The van der Waals surface area contributed by atoms with Crippen molar-refractivity contribution in [2.45, 2.75) is 19.8 Å². The van der Waals surface area contributed by atoms with E-state index in [9.17, 15) is 4.79 Å². The maximum Gasteiger partial charge on any atom is 0.339 e. The highest BCUT2D eigenvalue weighted by atomic mass is 16.5. The molecular weight excluding hydrogens is 214 g/mol. The number of nitrogens with one attached hydrogen (secondary N) is 1. The minimum atomic E-state index is -0.386. The van der Waals surface area contributed by atoms with Crippen molar-refractivity contribution in [2.24, 2.45) is 0 Å². The van der Waals surface area contributed by atoms with E-state index in [0.717, 1.165) is 25.1 Å². The molecule has 0 atom stereocenters. The van der Waals surface area contributed by atoms with Gasteiger partial charge in [0.15, 0.2) is 6.61 Å². The van der Waals surface area contributed by atoms with Crippen LogP contribution in [0, 0.1) is 12.3 Å². The normalized spacial score (nSPS) is 9.41. The second-order valence-corrected chi connectivity index (χ2v) is 3.64. The van der Waals surface area contributed by atoms with Gasteiger partial charge in [-0.2, -0.15) is 0 Å². The number of benzene rings is 1. The number of carbonyl (C=O) groups is 1. The number of terminal acetylenes is 1. The molecule has 0 saturated carbocycles. The van der Waals surface area contributed by atoms with Gasteiger partial charge in [-0.3, -0.25) is 0 Å². The third kappa shape index (κ3) is 4.60. The molecular formula is C14H17NO2. The SMILES string of the molecule is C#CCOC(=O)c1ccc(NCCCC)cc1. The van der Waals surface area contributed by atoms with Gasteiger partial charge in [0.1, 0.15) is 0 Å². The van der Waals surface area contributed by atoms with Gasteiger partial charge in [-0.05, 0) is 30.7 Å². The second-order valence-electron chi connectivity index (χ2n) is 3.64.